The van der Waals surface area contributed by atoms with Crippen molar-refractivity contribution in [2.75, 3.05) is 19.8 Å². The summed E-state index contributed by atoms with van der Waals surface area (Å²) in [5.74, 6) is 6.06. The number of hydrogen-bond donors (Lipinski definition) is 2. The molecule has 3 nitrogen and oxygen atoms in total. The Morgan fingerprint density at radius 3 is 2.95 bits per heavy atom. The highest BCUT2D eigenvalue weighted by atomic mass is 16.3. The summed E-state index contributed by atoms with van der Waals surface area (Å²) in [7, 11) is 0. The largest absolute Gasteiger partial charge is 0.396 e. The Balaban J connectivity index is 1.96. The van der Waals surface area contributed by atoms with Crippen LogP contribution < -0.4 is 0 Å². The predicted octanol–water partition coefficient (Wildman–Crippen LogP) is 2.16. The van der Waals surface area contributed by atoms with Gasteiger partial charge in [-0.2, -0.15) is 0 Å². The number of hydrogen-bond acceptors (Lipinski definition) is 3. The van der Waals surface area contributed by atoms with E-state index in [4.69, 9.17) is 10.2 Å². The van der Waals surface area contributed by atoms with Crippen LogP contribution in [0, 0.1) is 11.8 Å². The zero-order chi connectivity index (χ0) is 14.9. The quantitative estimate of drug-likeness (QED) is 0.788. The standard InChI is InChI=1S/C18H25NO2/c20-12-2-1-6-16-7-3-8-17(14-16)15-19-11-4-9-18(19)10-5-13-21/h3,7-8,14,18,20-21H,2,4-5,9-13,15H2. The first-order valence-electron chi connectivity index (χ1n) is 7.87. The normalized spacial score (nSPS) is 18.5. The van der Waals surface area contributed by atoms with Crippen molar-refractivity contribution in [2.45, 2.75) is 44.7 Å². The molecule has 0 aromatic heterocycles. The number of rotatable bonds is 6. The Kier molecular flexibility index (Phi) is 6.75. The Bertz CT molecular complexity index is 489. The molecule has 0 aliphatic carbocycles. The van der Waals surface area contributed by atoms with Gasteiger partial charge in [0.25, 0.3) is 0 Å². The monoisotopic (exact) mass is 287 g/mol. The first-order valence-corrected chi connectivity index (χ1v) is 7.87. The Morgan fingerprint density at radius 1 is 1.24 bits per heavy atom. The third-order valence-corrected chi connectivity index (χ3v) is 3.98. The Morgan fingerprint density at radius 2 is 2.14 bits per heavy atom. The van der Waals surface area contributed by atoms with Gasteiger partial charge in [-0.15, -0.1) is 0 Å². The lowest BCUT2D eigenvalue weighted by Gasteiger charge is -2.24. The summed E-state index contributed by atoms with van der Waals surface area (Å²) in [6, 6.07) is 8.98. The molecule has 114 valence electrons. The van der Waals surface area contributed by atoms with Gasteiger partial charge in [-0.1, -0.05) is 24.0 Å². The second-order valence-electron chi connectivity index (χ2n) is 5.61. The average molecular weight is 287 g/mol. The van der Waals surface area contributed by atoms with Gasteiger partial charge in [-0.3, -0.25) is 4.90 Å². The fourth-order valence-electron chi connectivity index (χ4n) is 2.96. The SMILES string of the molecule is OCCC#Cc1cccc(CN2CCCC2CCCO)c1. The summed E-state index contributed by atoms with van der Waals surface area (Å²) in [5.41, 5.74) is 2.31. The second-order valence-corrected chi connectivity index (χ2v) is 5.61. The van der Waals surface area contributed by atoms with E-state index in [2.05, 4.69) is 34.9 Å². The van der Waals surface area contributed by atoms with Crippen LogP contribution in [0.1, 0.15) is 43.2 Å². The Hall–Kier alpha value is -1.34. The minimum absolute atomic E-state index is 0.118. The minimum atomic E-state index is 0.118. The maximum atomic E-state index is 8.99. The van der Waals surface area contributed by atoms with Gasteiger partial charge < -0.3 is 10.2 Å². The molecule has 1 fully saturated rings. The molecule has 0 bridgehead atoms. The summed E-state index contributed by atoms with van der Waals surface area (Å²) >= 11 is 0. The van der Waals surface area contributed by atoms with E-state index in [0.29, 0.717) is 19.1 Å². The molecule has 1 saturated heterocycles. The van der Waals surface area contributed by atoms with E-state index in [0.717, 1.165) is 31.5 Å². The smallest absolute Gasteiger partial charge is 0.0540 e. The summed E-state index contributed by atoms with van der Waals surface area (Å²) in [6.07, 6.45) is 5.02. The van der Waals surface area contributed by atoms with E-state index in [1.807, 2.05) is 6.07 Å². The summed E-state index contributed by atoms with van der Waals surface area (Å²) in [6.45, 7) is 2.52. The van der Waals surface area contributed by atoms with Crippen molar-refractivity contribution in [1.29, 1.82) is 0 Å². The van der Waals surface area contributed by atoms with Crippen LogP contribution in [0.2, 0.25) is 0 Å². The number of nitrogens with zero attached hydrogens (tertiary/aromatic N) is 1. The molecule has 1 aliphatic rings. The third-order valence-electron chi connectivity index (χ3n) is 3.98. The van der Waals surface area contributed by atoms with Crippen LogP contribution in [0.3, 0.4) is 0 Å². The lowest BCUT2D eigenvalue weighted by atomic mass is 10.1. The molecule has 0 radical (unpaired) electrons. The van der Waals surface area contributed by atoms with Crippen LogP contribution in [0.25, 0.3) is 0 Å². The fourth-order valence-corrected chi connectivity index (χ4v) is 2.96. The van der Waals surface area contributed by atoms with Crippen LogP contribution >= 0.6 is 0 Å². The minimum Gasteiger partial charge on any atom is -0.396 e. The molecule has 1 aliphatic heterocycles. The molecule has 2 N–H and O–H groups in total. The van der Waals surface area contributed by atoms with Crippen LogP contribution in [-0.2, 0) is 6.54 Å². The molecule has 0 amide bonds. The van der Waals surface area contributed by atoms with Gasteiger partial charge in [-0.05, 0) is 49.9 Å². The number of benzene rings is 1. The molecule has 1 unspecified atom stereocenters. The first-order chi connectivity index (χ1) is 10.3. The molecular formula is C18H25NO2. The number of aliphatic hydroxyl groups excluding tert-OH is 2. The molecule has 1 atom stereocenters. The molecular weight excluding hydrogens is 262 g/mol. The Labute approximate surface area is 127 Å². The molecule has 1 heterocycles. The second kappa shape index (κ2) is 8.84. The van der Waals surface area contributed by atoms with Crippen molar-refractivity contribution in [3.8, 4) is 11.8 Å². The van der Waals surface area contributed by atoms with Crippen molar-refractivity contribution in [1.82, 2.24) is 4.90 Å². The van der Waals surface area contributed by atoms with E-state index < -0.39 is 0 Å². The van der Waals surface area contributed by atoms with Crippen LogP contribution in [0.4, 0.5) is 0 Å². The molecule has 0 spiro atoms. The van der Waals surface area contributed by atoms with Crippen molar-refractivity contribution in [3.05, 3.63) is 35.4 Å². The van der Waals surface area contributed by atoms with Crippen LogP contribution in [0.5, 0.6) is 0 Å². The van der Waals surface area contributed by atoms with Gasteiger partial charge >= 0.3 is 0 Å². The van der Waals surface area contributed by atoms with E-state index in [1.165, 1.54) is 18.4 Å². The van der Waals surface area contributed by atoms with Crippen molar-refractivity contribution < 1.29 is 10.2 Å². The topological polar surface area (TPSA) is 43.7 Å². The molecule has 0 saturated carbocycles. The molecule has 2 rings (SSSR count). The van der Waals surface area contributed by atoms with Gasteiger partial charge in [0.1, 0.15) is 0 Å². The maximum absolute atomic E-state index is 8.99. The summed E-state index contributed by atoms with van der Waals surface area (Å²) < 4.78 is 0. The summed E-state index contributed by atoms with van der Waals surface area (Å²) in [5, 5.41) is 17.8. The van der Waals surface area contributed by atoms with Gasteiger partial charge in [0.05, 0.1) is 6.61 Å². The third kappa shape index (κ3) is 5.17. The number of aliphatic hydroxyl groups is 2. The van der Waals surface area contributed by atoms with Gasteiger partial charge in [0.15, 0.2) is 0 Å². The average Bonchev–Trinajstić information content (AvgIpc) is 2.93. The van der Waals surface area contributed by atoms with E-state index in [9.17, 15) is 0 Å². The number of likely N-dealkylation sites (tertiary alicyclic amines) is 1. The van der Waals surface area contributed by atoms with Gasteiger partial charge in [0.2, 0.25) is 0 Å². The van der Waals surface area contributed by atoms with Crippen LogP contribution in [0.15, 0.2) is 24.3 Å². The van der Waals surface area contributed by atoms with E-state index in [-0.39, 0.29) is 6.61 Å². The first kappa shape index (κ1) is 16.0. The molecule has 21 heavy (non-hydrogen) atoms. The highest BCUT2D eigenvalue weighted by Crippen LogP contribution is 2.23. The molecule has 1 aromatic rings. The van der Waals surface area contributed by atoms with Crippen molar-refractivity contribution in [2.24, 2.45) is 0 Å². The summed E-state index contributed by atoms with van der Waals surface area (Å²) in [4.78, 5) is 2.52. The fraction of sp³-hybridized carbons (Fsp3) is 0.556. The lowest BCUT2D eigenvalue weighted by Crippen LogP contribution is -2.29. The van der Waals surface area contributed by atoms with Gasteiger partial charge in [0, 0.05) is 31.2 Å². The van der Waals surface area contributed by atoms with Crippen molar-refractivity contribution in [3.63, 3.8) is 0 Å². The highest BCUT2D eigenvalue weighted by molar-refractivity contribution is 5.37. The van der Waals surface area contributed by atoms with E-state index in [1.54, 1.807) is 0 Å². The molecule has 1 aromatic carbocycles. The van der Waals surface area contributed by atoms with Gasteiger partial charge in [-0.25, -0.2) is 0 Å². The molecule has 3 heteroatoms. The lowest BCUT2D eigenvalue weighted by molar-refractivity contribution is 0.210. The zero-order valence-corrected chi connectivity index (χ0v) is 12.6. The van der Waals surface area contributed by atoms with Crippen LogP contribution in [-0.4, -0.2) is 40.9 Å². The predicted molar refractivity (Wildman–Crippen MR) is 84.8 cm³/mol. The van der Waals surface area contributed by atoms with E-state index >= 15 is 0 Å². The zero-order valence-electron chi connectivity index (χ0n) is 12.6. The maximum Gasteiger partial charge on any atom is 0.0540 e. The highest BCUT2D eigenvalue weighted by Gasteiger charge is 2.23. The van der Waals surface area contributed by atoms with Crippen molar-refractivity contribution >= 4 is 0 Å².